The van der Waals surface area contributed by atoms with E-state index >= 15 is 0 Å². The highest BCUT2D eigenvalue weighted by molar-refractivity contribution is 5.36. The Morgan fingerprint density at radius 3 is 2.43 bits per heavy atom. The van der Waals surface area contributed by atoms with Crippen LogP contribution in [0.3, 0.4) is 0 Å². The van der Waals surface area contributed by atoms with Crippen molar-refractivity contribution in [3.63, 3.8) is 0 Å². The molecule has 0 aliphatic carbocycles. The first-order chi connectivity index (χ1) is 6.52. The average Bonchev–Trinajstić information content (AvgIpc) is 2.09. The Kier molecular flexibility index (Phi) is 5.86. The highest BCUT2D eigenvalue weighted by Gasteiger charge is 2.41. The topological polar surface area (TPSA) is 35.5 Å². The molecule has 0 radical (unpaired) electrons. The van der Waals surface area contributed by atoms with Gasteiger partial charge in [0.05, 0.1) is 12.9 Å². The van der Waals surface area contributed by atoms with Crippen LogP contribution in [0.5, 0.6) is 0 Å². The van der Waals surface area contributed by atoms with Crippen LogP contribution >= 0.6 is 0 Å². The average molecular weight is 216 g/mol. The lowest BCUT2D eigenvalue weighted by atomic mass is 10.3. The molecule has 0 saturated heterocycles. The lowest BCUT2D eigenvalue weighted by Crippen LogP contribution is -2.36. The van der Waals surface area contributed by atoms with Gasteiger partial charge in [-0.3, -0.25) is 4.79 Å². The third-order valence-corrected chi connectivity index (χ3v) is 1.16. The standard InChI is InChI=1S/C7H8F4O3/c8-2-1-3-14-6(4-13-5-12)7(9,10)11/h1-2,5-6H,3-4H2. The van der Waals surface area contributed by atoms with Gasteiger partial charge in [-0.15, -0.1) is 0 Å². The zero-order valence-electron chi connectivity index (χ0n) is 6.96. The predicted molar refractivity (Wildman–Crippen MR) is 38.1 cm³/mol. The Hall–Kier alpha value is -1.11. The van der Waals surface area contributed by atoms with E-state index < -0.39 is 25.5 Å². The van der Waals surface area contributed by atoms with E-state index in [0.717, 1.165) is 6.08 Å². The summed E-state index contributed by atoms with van der Waals surface area (Å²) in [5, 5.41) is 0. The molecule has 0 aromatic carbocycles. The quantitative estimate of drug-likeness (QED) is 0.499. The molecule has 0 saturated carbocycles. The Labute approximate surface area is 77.3 Å². The van der Waals surface area contributed by atoms with Crippen molar-refractivity contribution in [1.82, 2.24) is 0 Å². The van der Waals surface area contributed by atoms with Crippen LogP contribution in [0.15, 0.2) is 12.4 Å². The summed E-state index contributed by atoms with van der Waals surface area (Å²) in [4.78, 5) is 9.65. The van der Waals surface area contributed by atoms with Gasteiger partial charge in [-0.25, -0.2) is 4.39 Å². The van der Waals surface area contributed by atoms with Crippen LogP contribution < -0.4 is 0 Å². The Bertz CT molecular complexity index is 190. The molecule has 0 N–H and O–H groups in total. The second kappa shape index (κ2) is 6.36. The van der Waals surface area contributed by atoms with E-state index in [2.05, 4.69) is 9.47 Å². The SMILES string of the molecule is O=COCC(OCC=CF)C(F)(F)F. The van der Waals surface area contributed by atoms with Crippen molar-refractivity contribution >= 4 is 6.47 Å². The minimum atomic E-state index is -4.65. The minimum absolute atomic E-state index is 0.0635. The van der Waals surface area contributed by atoms with E-state index in [1.165, 1.54) is 0 Å². The zero-order valence-corrected chi connectivity index (χ0v) is 6.96. The van der Waals surface area contributed by atoms with Crippen molar-refractivity contribution in [2.75, 3.05) is 13.2 Å². The van der Waals surface area contributed by atoms with Crippen molar-refractivity contribution in [2.45, 2.75) is 12.3 Å². The maximum Gasteiger partial charge on any atom is 0.417 e. The van der Waals surface area contributed by atoms with E-state index in [1.54, 1.807) is 0 Å². The van der Waals surface area contributed by atoms with E-state index in [4.69, 9.17) is 0 Å². The molecule has 0 heterocycles. The first kappa shape index (κ1) is 12.9. The van der Waals surface area contributed by atoms with Gasteiger partial charge in [0.1, 0.15) is 6.61 Å². The van der Waals surface area contributed by atoms with Crippen LogP contribution in [0.2, 0.25) is 0 Å². The maximum atomic E-state index is 12.0. The summed E-state index contributed by atoms with van der Waals surface area (Å²) < 4.78 is 55.6. The Morgan fingerprint density at radius 2 is 2.00 bits per heavy atom. The number of rotatable bonds is 6. The van der Waals surface area contributed by atoms with Crippen LogP contribution in [-0.4, -0.2) is 32.0 Å². The fourth-order valence-electron chi connectivity index (χ4n) is 0.572. The monoisotopic (exact) mass is 216 g/mol. The predicted octanol–water partition coefficient (Wildman–Crippen LogP) is 1.59. The number of ether oxygens (including phenoxy) is 2. The molecule has 1 atom stereocenters. The van der Waals surface area contributed by atoms with Gasteiger partial charge in [0.25, 0.3) is 6.47 Å². The normalized spacial score (nSPS) is 14.3. The van der Waals surface area contributed by atoms with E-state index in [9.17, 15) is 22.4 Å². The summed E-state index contributed by atoms with van der Waals surface area (Å²) in [5.41, 5.74) is 0. The second-order valence-electron chi connectivity index (χ2n) is 2.15. The first-order valence-corrected chi connectivity index (χ1v) is 3.51. The van der Waals surface area contributed by atoms with E-state index in [-0.39, 0.29) is 12.8 Å². The van der Waals surface area contributed by atoms with Crippen LogP contribution in [0.1, 0.15) is 0 Å². The molecule has 14 heavy (non-hydrogen) atoms. The van der Waals surface area contributed by atoms with Gasteiger partial charge < -0.3 is 9.47 Å². The summed E-state index contributed by atoms with van der Waals surface area (Å²) >= 11 is 0. The zero-order chi connectivity index (χ0) is 11.0. The lowest BCUT2D eigenvalue weighted by Gasteiger charge is -2.18. The van der Waals surface area contributed by atoms with Gasteiger partial charge >= 0.3 is 6.18 Å². The molecule has 0 aromatic rings. The molecular weight excluding hydrogens is 208 g/mol. The molecule has 0 spiro atoms. The number of halogens is 4. The third kappa shape index (κ3) is 5.52. The van der Waals surface area contributed by atoms with Crippen molar-refractivity contribution in [1.29, 1.82) is 0 Å². The molecular formula is C7H8F4O3. The van der Waals surface area contributed by atoms with Gasteiger partial charge in [0.2, 0.25) is 0 Å². The van der Waals surface area contributed by atoms with Gasteiger partial charge in [-0.05, 0) is 6.08 Å². The fraction of sp³-hybridized carbons (Fsp3) is 0.571. The van der Waals surface area contributed by atoms with Crippen LogP contribution in [0.4, 0.5) is 17.6 Å². The number of alkyl halides is 3. The second-order valence-corrected chi connectivity index (χ2v) is 2.15. The lowest BCUT2D eigenvalue weighted by molar-refractivity contribution is -0.228. The van der Waals surface area contributed by atoms with Gasteiger partial charge in [-0.2, -0.15) is 13.2 Å². The molecule has 82 valence electrons. The van der Waals surface area contributed by atoms with Gasteiger partial charge in [0, 0.05) is 0 Å². The molecule has 0 aliphatic heterocycles. The maximum absolute atomic E-state index is 12.0. The molecule has 0 fully saturated rings. The summed E-state index contributed by atoms with van der Waals surface area (Å²) in [6.07, 6.45) is -6.05. The highest BCUT2D eigenvalue weighted by Crippen LogP contribution is 2.22. The molecule has 0 bridgehead atoms. The fourth-order valence-corrected chi connectivity index (χ4v) is 0.572. The van der Waals surface area contributed by atoms with Crippen molar-refractivity contribution in [3.8, 4) is 0 Å². The Morgan fingerprint density at radius 1 is 1.36 bits per heavy atom. The third-order valence-electron chi connectivity index (χ3n) is 1.16. The summed E-state index contributed by atoms with van der Waals surface area (Å²) in [6.45, 7) is -1.59. The molecule has 3 nitrogen and oxygen atoms in total. The van der Waals surface area contributed by atoms with Gasteiger partial charge in [-0.1, -0.05) is 0 Å². The van der Waals surface area contributed by atoms with Crippen molar-refractivity contribution in [3.05, 3.63) is 12.4 Å². The van der Waals surface area contributed by atoms with Crippen molar-refractivity contribution in [2.24, 2.45) is 0 Å². The molecule has 0 aromatic heterocycles. The van der Waals surface area contributed by atoms with E-state index in [1.807, 2.05) is 0 Å². The molecule has 0 aliphatic rings. The molecule has 7 heteroatoms. The molecule has 0 amide bonds. The largest absolute Gasteiger partial charge is 0.465 e. The number of carbonyl (C=O) groups is 1. The molecule has 0 rings (SSSR count). The minimum Gasteiger partial charge on any atom is -0.465 e. The van der Waals surface area contributed by atoms with Crippen LogP contribution in [0.25, 0.3) is 0 Å². The Balaban J connectivity index is 4.04. The first-order valence-electron chi connectivity index (χ1n) is 3.51. The summed E-state index contributed by atoms with van der Waals surface area (Å²) in [5.74, 6) is 0. The van der Waals surface area contributed by atoms with Gasteiger partial charge in [0.15, 0.2) is 6.10 Å². The number of hydrogen-bond donors (Lipinski definition) is 0. The summed E-state index contributed by atoms with van der Waals surface area (Å²) in [7, 11) is 0. The van der Waals surface area contributed by atoms with Crippen molar-refractivity contribution < 1.29 is 31.8 Å². The number of carbonyl (C=O) groups excluding carboxylic acids is 1. The van der Waals surface area contributed by atoms with Crippen LogP contribution in [-0.2, 0) is 14.3 Å². The smallest absolute Gasteiger partial charge is 0.417 e. The molecule has 1 unspecified atom stereocenters. The van der Waals surface area contributed by atoms with E-state index in [0.29, 0.717) is 0 Å². The number of hydrogen-bond acceptors (Lipinski definition) is 3. The highest BCUT2D eigenvalue weighted by atomic mass is 19.4. The summed E-state index contributed by atoms with van der Waals surface area (Å²) in [6, 6.07) is 0. The van der Waals surface area contributed by atoms with Crippen LogP contribution in [0, 0.1) is 0 Å².